The maximum absolute atomic E-state index is 13.5. The van der Waals surface area contributed by atoms with Crippen LogP contribution < -0.4 is 4.90 Å². The Bertz CT molecular complexity index is 958. The van der Waals surface area contributed by atoms with Gasteiger partial charge < -0.3 is 0 Å². The molecular formula is C21H19Cl2N3O2. The van der Waals surface area contributed by atoms with Gasteiger partial charge in [0.05, 0.1) is 27.7 Å². The maximum Gasteiger partial charge on any atom is 0.253 e. The van der Waals surface area contributed by atoms with Crippen molar-refractivity contribution in [2.45, 2.75) is 25.4 Å². The maximum atomic E-state index is 13.5. The predicted molar refractivity (Wildman–Crippen MR) is 108 cm³/mol. The molecule has 0 aliphatic carbocycles. The van der Waals surface area contributed by atoms with Crippen molar-refractivity contribution in [3.05, 3.63) is 63.6 Å². The van der Waals surface area contributed by atoms with Crippen LogP contribution in [0, 0.1) is 12.8 Å². The zero-order chi connectivity index (χ0) is 19.6. The van der Waals surface area contributed by atoms with E-state index in [2.05, 4.69) is 22.2 Å². The molecule has 2 amide bonds. The number of fused-ring (bicyclic) bond motifs is 3. The van der Waals surface area contributed by atoms with Gasteiger partial charge in [-0.25, -0.2) is 14.9 Å². The van der Waals surface area contributed by atoms with Gasteiger partial charge in [0, 0.05) is 13.1 Å². The van der Waals surface area contributed by atoms with Crippen molar-refractivity contribution in [3.63, 3.8) is 0 Å². The molecule has 28 heavy (non-hydrogen) atoms. The molecule has 7 heteroatoms. The Balaban J connectivity index is 1.62. The van der Waals surface area contributed by atoms with E-state index in [4.69, 9.17) is 23.2 Å². The van der Waals surface area contributed by atoms with Crippen molar-refractivity contribution < 1.29 is 9.59 Å². The molecule has 3 aliphatic heterocycles. The number of hydrogen-bond donors (Lipinski definition) is 0. The Hall–Kier alpha value is -1.92. The summed E-state index contributed by atoms with van der Waals surface area (Å²) >= 11 is 12.6. The van der Waals surface area contributed by atoms with E-state index in [-0.39, 0.29) is 17.9 Å². The number of carbonyl (C=O) groups is 2. The molecule has 0 spiro atoms. The van der Waals surface area contributed by atoms with E-state index >= 15 is 0 Å². The average molecular weight is 416 g/mol. The molecule has 0 N–H and O–H groups in total. The summed E-state index contributed by atoms with van der Waals surface area (Å²) < 4.78 is 0. The number of imide groups is 1. The lowest BCUT2D eigenvalue weighted by Gasteiger charge is -2.30. The van der Waals surface area contributed by atoms with Gasteiger partial charge in [-0.05, 0) is 31.0 Å². The van der Waals surface area contributed by atoms with Crippen LogP contribution >= 0.6 is 23.2 Å². The highest BCUT2D eigenvalue weighted by Gasteiger charge is 2.63. The Kier molecular flexibility index (Phi) is 4.25. The lowest BCUT2D eigenvalue weighted by Crippen LogP contribution is -2.44. The summed E-state index contributed by atoms with van der Waals surface area (Å²) in [5, 5.41) is 4.88. The molecule has 0 radical (unpaired) electrons. The summed E-state index contributed by atoms with van der Waals surface area (Å²) in [6.07, 6.45) is 0.972. The van der Waals surface area contributed by atoms with Gasteiger partial charge in [-0.15, -0.1) is 0 Å². The predicted octanol–water partition coefficient (Wildman–Crippen LogP) is 3.84. The summed E-state index contributed by atoms with van der Waals surface area (Å²) in [4.78, 5) is 28.1. The molecule has 3 atom stereocenters. The number of amides is 2. The van der Waals surface area contributed by atoms with E-state index in [0.717, 1.165) is 30.6 Å². The Morgan fingerprint density at radius 2 is 1.46 bits per heavy atom. The van der Waals surface area contributed by atoms with Crippen LogP contribution in [0.3, 0.4) is 0 Å². The van der Waals surface area contributed by atoms with Crippen LogP contribution in [0.1, 0.15) is 23.6 Å². The largest absolute Gasteiger partial charge is 0.274 e. The van der Waals surface area contributed by atoms with Crippen molar-refractivity contribution in [1.29, 1.82) is 0 Å². The van der Waals surface area contributed by atoms with Gasteiger partial charge in [-0.1, -0.05) is 59.1 Å². The van der Waals surface area contributed by atoms with Crippen LogP contribution in [-0.4, -0.2) is 41.0 Å². The molecule has 3 aliphatic rings. The molecule has 0 unspecified atom stereocenters. The lowest BCUT2D eigenvalue weighted by atomic mass is 9.89. The SMILES string of the molecule is Cc1ccc([C@H]2[C@H]3C(=O)N(c4c(Cl)cccc4Cl)C(=O)[C@H]3N3CCCN23)cc1. The Morgan fingerprint density at radius 3 is 2.11 bits per heavy atom. The normalized spacial score (nSPS) is 27.5. The smallest absolute Gasteiger partial charge is 0.253 e. The summed E-state index contributed by atoms with van der Waals surface area (Å²) in [6, 6.07) is 12.6. The number of para-hydroxylation sites is 1. The molecule has 0 bridgehead atoms. The van der Waals surface area contributed by atoms with Gasteiger partial charge in [0.25, 0.3) is 5.91 Å². The highest BCUT2D eigenvalue weighted by Crippen LogP contribution is 2.50. The van der Waals surface area contributed by atoms with Crippen LogP contribution in [-0.2, 0) is 9.59 Å². The first-order chi connectivity index (χ1) is 13.5. The Morgan fingerprint density at radius 1 is 0.857 bits per heavy atom. The van der Waals surface area contributed by atoms with E-state index in [9.17, 15) is 9.59 Å². The molecular weight excluding hydrogens is 397 g/mol. The number of carbonyl (C=O) groups excluding carboxylic acids is 2. The van der Waals surface area contributed by atoms with E-state index < -0.39 is 12.0 Å². The number of halogens is 2. The van der Waals surface area contributed by atoms with Crippen LogP contribution in [0.25, 0.3) is 0 Å². The average Bonchev–Trinajstić information content (AvgIpc) is 3.30. The van der Waals surface area contributed by atoms with Crippen LogP contribution in [0.2, 0.25) is 10.0 Å². The minimum atomic E-state index is -0.506. The third-order valence-corrected chi connectivity index (χ3v) is 6.60. The molecule has 144 valence electrons. The fraction of sp³-hybridized carbons (Fsp3) is 0.333. The minimum absolute atomic E-state index is 0.157. The zero-order valence-electron chi connectivity index (χ0n) is 15.3. The van der Waals surface area contributed by atoms with Gasteiger partial charge >= 0.3 is 0 Å². The van der Waals surface area contributed by atoms with Crippen molar-refractivity contribution in [2.24, 2.45) is 5.92 Å². The number of anilines is 1. The lowest BCUT2D eigenvalue weighted by molar-refractivity contribution is -0.126. The second-order valence-electron chi connectivity index (χ2n) is 7.59. The standard InChI is InChI=1S/C21H19Cl2N3O2/c1-12-6-8-13(9-7-12)17-16-19(25-11-3-10-24(17)25)21(28)26(20(16)27)18-14(22)4-2-5-15(18)23/h2,4-9,16-17,19H,3,10-11H2,1H3/t16-,17+,19+/m1/s1. The molecule has 0 aromatic heterocycles. The van der Waals surface area contributed by atoms with Gasteiger partial charge in [-0.3, -0.25) is 9.59 Å². The molecule has 2 aromatic rings. The number of benzene rings is 2. The van der Waals surface area contributed by atoms with Crippen molar-refractivity contribution >= 4 is 40.7 Å². The molecule has 5 rings (SSSR count). The van der Waals surface area contributed by atoms with Crippen LogP contribution in [0.5, 0.6) is 0 Å². The topological polar surface area (TPSA) is 43.9 Å². The molecule has 2 aromatic carbocycles. The fourth-order valence-corrected chi connectivity index (χ4v) is 5.37. The third-order valence-electron chi connectivity index (χ3n) is 5.99. The molecule has 3 heterocycles. The first kappa shape index (κ1) is 18.1. The van der Waals surface area contributed by atoms with E-state index in [1.54, 1.807) is 18.2 Å². The van der Waals surface area contributed by atoms with Crippen molar-refractivity contribution in [1.82, 2.24) is 10.0 Å². The summed E-state index contributed by atoms with van der Waals surface area (Å²) in [5.74, 6) is -0.945. The monoisotopic (exact) mass is 415 g/mol. The van der Waals surface area contributed by atoms with E-state index in [1.165, 1.54) is 4.90 Å². The molecule has 3 fully saturated rings. The van der Waals surface area contributed by atoms with Crippen molar-refractivity contribution in [3.8, 4) is 0 Å². The number of hydrogen-bond acceptors (Lipinski definition) is 4. The second kappa shape index (κ2) is 6.56. The number of rotatable bonds is 2. The molecule has 3 saturated heterocycles. The second-order valence-corrected chi connectivity index (χ2v) is 8.40. The number of nitrogens with zero attached hydrogens (tertiary/aromatic N) is 3. The molecule has 5 nitrogen and oxygen atoms in total. The third kappa shape index (κ3) is 2.47. The number of hydrazine groups is 1. The van der Waals surface area contributed by atoms with Gasteiger partial charge in [0.15, 0.2) is 0 Å². The first-order valence-corrected chi connectivity index (χ1v) is 10.2. The number of aryl methyl sites for hydroxylation is 1. The van der Waals surface area contributed by atoms with Gasteiger partial charge in [-0.2, -0.15) is 0 Å². The first-order valence-electron chi connectivity index (χ1n) is 9.40. The van der Waals surface area contributed by atoms with Gasteiger partial charge in [0.2, 0.25) is 5.91 Å². The van der Waals surface area contributed by atoms with E-state index in [1.807, 2.05) is 19.1 Å². The summed E-state index contributed by atoms with van der Waals surface area (Å²) in [5.41, 5.74) is 2.51. The zero-order valence-corrected chi connectivity index (χ0v) is 16.8. The Labute approximate surface area is 173 Å². The summed E-state index contributed by atoms with van der Waals surface area (Å²) in [7, 11) is 0. The van der Waals surface area contributed by atoms with Crippen molar-refractivity contribution in [2.75, 3.05) is 18.0 Å². The van der Waals surface area contributed by atoms with Crippen LogP contribution in [0.4, 0.5) is 5.69 Å². The minimum Gasteiger partial charge on any atom is -0.274 e. The van der Waals surface area contributed by atoms with Crippen LogP contribution in [0.15, 0.2) is 42.5 Å². The van der Waals surface area contributed by atoms with Gasteiger partial charge in [0.1, 0.15) is 6.04 Å². The highest BCUT2D eigenvalue weighted by atomic mass is 35.5. The quantitative estimate of drug-likeness (QED) is 0.698. The van der Waals surface area contributed by atoms with E-state index in [0.29, 0.717) is 15.7 Å². The molecule has 0 saturated carbocycles. The fourth-order valence-electron chi connectivity index (χ4n) is 4.80. The summed E-state index contributed by atoms with van der Waals surface area (Å²) in [6.45, 7) is 3.65. The highest BCUT2D eigenvalue weighted by molar-refractivity contribution is 6.42.